The minimum absolute atomic E-state index is 0.0430. The Kier molecular flexibility index (Phi) is 5.39. The first-order valence-corrected chi connectivity index (χ1v) is 10.5. The molecule has 2 heterocycles. The number of carbonyl (C=O) groups excluding carboxylic acids is 1. The lowest BCUT2D eigenvalue weighted by Crippen LogP contribution is -2.02. The van der Waals surface area contributed by atoms with Crippen LogP contribution in [0.15, 0.2) is 73.2 Å². The van der Waals surface area contributed by atoms with Crippen molar-refractivity contribution >= 4 is 39.3 Å². The SMILES string of the molecule is CC(=O)Oc1cc2c(Nc3ccc(Oc4cccc5cccnc45)c(C)c3)ncnc2cc1O. The fraction of sp³-hybridized carbons (Fsp3) is 0.0769. The molecule has 0 spiro atoms. The van der Waals surface area contributed by atoms with E-state index in [1.807, 2.05) is 55.5 Å². The Morgan fingerprint density at radius 3 is 2.62 bits per heavy atom. The summed E-state index contributed by atoms with van der Waals surface area (Å²) < 4.78 is 11.3. The molecule has 0 bridgehead atoms. The maximum Gasteiger partial charge on any atom is 0.308 e. The Balaban J connectivity index is 1.44. The summed E-state index contributed by atoms with van der Waals surface area (Å²) >= 11 is 0. The molecule has 0 saturated heterocycles. The monoisotopic (exact) mass is 452 g/mol. The molecule has 3 aromatic carbocycles. The Morgan fingerprint density at radius 1 is 0.941 bits per heavy atom. The van der Waals surface area contributed by atoms with E-state index in [-0.39, 0.29) is 11.5 Å². The van der Waals surface area contributed by atoms with Gasteiger partial charge in [-0.3, -0.25) is 9.78 Å². The van der Waals surface area contributed by atoms with Crippen molar-refractivity contribution in [2.24, 2.45) is 0 Å². The predicted octanol–water partition coefficient (Wildman–Crippen LogP) is 5.65. The quantitative estimate of drug-likeness (QED) is 0.260. The normalized spacial score (nSPS) is 10.9. The van der Waals surface area contributed by atoms with Gasteiger partial charge in [0, 0.05) is 35.6 Å². The molecule has 0 aliphatic heterocycles. The molecule has 0 aliphatic rings. The van der Waals surface area contributed by atoms with E-state index in [1.165, 1.54) is 25.4 Å². The van der Waals surface area contributed by atoms with Crippen molar-refractivity contribution in [2.75, 3.05) is 5.32 Å². The van der Waals surface area contributed by atoms with Crippen LogP contribution in [0.4, 0.5) is 11.5 Å². The van der Waals surface area contributed by atoms with Crippen LogP contribution in [0.1, 0.15) is 12.5 Å². The van der Waals surface area contributed by atoms with Crippen LogP contribution in [0.5, 0.6) is 23.0 Å². The number of fused-ring (bicyclic) bond motifs is 2. The molecule has 2 N–H and O–H groups in total. The summed E-state index contributed by atoms with van der Waals surface area (Å²) in [4.78, 5) is 24.3. The Bertz CT molecular complexity index is 1550. The lowest BCUT2D eigenvalue weighted by molar-refractivity contribution is -0.132. The topological polar surface area (TPSA) is 106 Å². The largest absolute Gasteiger partial charge is 0.504 e. The van der Waals surface area contributed by atoms with Gasteiger partial charge in [-0.1, -0.05) is 18.2 Å². The molecular formula is C26H20N4O4. The summed E-state index contributed by atoms with van der Waals surface area (Å²) in [7, 11) is 0. The van der Waals surface area contributed by atoms with Gasteiger partial charge in [0.2, 0.25) is 0 Å². The molecule has 0 radical (unpaired) electrons. The van der Waals surface area contributed by atoms with Crippen molar-refractivity contribution in [3.8, 4) is 23.0 Å². The van der Waals surface area contributed by atoms with Crippen molar-refractivity contribution < 1.29 is 19.4 Å². The van der Waals surface area contributed by atoms with Crippen molar-refractivity contribution in [1.82, 2.24) is 15.0 Å². The number of aryl methyl sites for hydroxylation is 1. The first-order valence-electron chi connectivity index (χ1n) is 10.5. The number of benzene rings is 3. The van der Waals surface area contributed by atoms with Crippen LogP contribution in [0.2, 0.25) is 0 Å². The Hall–Kier alpha value is -4.72. The highest BCUT2D eigenvalue weighted by Gasteiger charge is 2.13. The fourth-order valence-electron chi connectivity index (χ4n) is 3.66. The fourth-order valence-corrected chi connectivity index (χ4v) is 3.66. The number of ether oxygens (including phenoxy) is 2. The van der Waals surface area contributed by atoms with Crippen molar-refractivity contribution in [2.45, 2.75) is 13.8 Å². The number of phenolic OH excluding ortho intramolecular Hbond substituents is 1. The smallest absolute Gasteiger partial charge is 0.308 e. The average Bonchev–Trinajstić information content (AvgIpc) is 2.82. The lowest BCUT2D eigenvalue weighted by atomic mass is 10.1. The van der Waals surface area contributed by atoms with Gasteiger partial charge in [0.1, 0.15) is 23.4 Å². The van der Waals surface area contributed by atoms with E-state index in [1.54, 1.807) is 6.20 Å². The number of rotatable bonds is 5. The number of aromatic hydroxyl groups is 1. The van der Waals surface area contributed by atoms with E-state index < -0.39 is 5.97 Å². The molecule has 2 aromatic heterocycles. The van der Waals surface area contributed by atoms with Crippen LogP contribution < -0.4 is 14.8 Å². The molecule has 0 atom stereocenters. The Morgan fingerprint density at radius 2 is 1.79 bits per heavy atom. The summed E-state index contributed by atoms with van der Waals surface area (Å²) in [5.74, 6) is 1.23. The molecule has 0 saturated carbocycles. The van der Waals surface area contributed by atoms with Gasteiger partial charge in [-0.05, 0) is 48.9 Å². The van der Waals surface area contributed by atoms with Crippen LogP contribution in [-0.2, 0) is 4.79 Å². The molecule has 0 fully saturated rings. The van der Waals surface area contributed by atoms with E-state index in [0.717, 1.165) is 22.2 Å². The van der Waals surface area contributed by atoms with Crippen molar-refractivity contribution in [1.29, 1.82) is 0 Å². The number of para-hydroxylation sites is 1. The molecule has 0 amide bonds. The zero-order valence-electron chi connectivity index (χ0n) is 18.4. The number of hydrogen-bond acceptors (Lipinski definition) is 8. The Labute approximate surface area is 194 Å². The number of nitrogens with one attached hydrogen (secondary N) is 1. The maximum atomic E-state index is 11.4. The third-order valence-corrected chi connectivity index (χ3v) is 5.22. The average molecular weight is 452 g/mol. The second-order valence-corrected chi connectivity index (χ2v) is 7.69. The molecule has 34 heavy (non-hydrogen) atoms. The maximum absolute atomic E-state index is 11.4. The summed E-state index contributed by atoms with van der Waals surface area (Å²) in [5, 5.41) is 15.0. The van der Waals surface area contributed by atoms with Gasteiger partial charge in [-0.15, -0.1) is 0 Å². The number of aromatic nitrogens is 3. The van der Waals surface area contributed by atoms with Crippen LogP contribution in [-0.4, -0.2) is 26.0 Å². The van der Waals surface area contributed by atoms with Gasteiger partial charge in [0.05, 0.1) is 5.52 Å². The molecule has 5 rings (SSSR count). The predicted molar refractivity (Wildman–Crippen MR) is 129 cm³/mol. The number of pyridine rings is 1. The van der Waals surface area contributed by atoms with Gasteiger partial charge in [-0.25, -0.2) is 9.97 Å². The number of anilines is 2. The van der Waals surface area contributed by atoms with Crippen LogP contribution in [0.3, 0.4) is 0 Å². The molecule has 5 aromatic rings. The summed E-state index contributed by atoms with van der Waals surface area (Å²) in [6.07, 6.45) is 3.14. The lowest BCUT2D eigenvalue weighted by Gasteiger charge is -2.14. The highest BCUT2D eigenvalue weighted by Crippen LogP contribution is 2.35. The third kappa shape index (κ3) is 4.16. The minimum atomic E-state index is -0.534. The molecule has 168 valence electrons. The van der Waals surface area contributed by atoms with E-state index in [9.17, 15) is 9.90 Å². The van der Waals surface area contributed by atoms with E-state index in [0.29, 0.717) is 28.2 Å². The first kappa shape index (κ1) is 21.1. The van der Waals surface area contributed by atoms with Gasteiger partial charge >= 0.3 is 5.97 Å². The summed E-state index contributed by atoms with van der Waals surface area (Å²) in [5.41, 5.74) is 2.99. The van der Waals surface area contributed by atoms with Gasteiger partial charge in [0.15, 0.2) is 17.2 Å². The first-order chi connectivity index (χ1) is 16.5. The van der Waals surface area contributed by atoms with Crippen LogP contribution >= 0.6 is 0 Å². The molecule has 0 aliphatic carbocycles. The van der Waals surface area contributed by atoms with Crippen molar-refractivity contribution in [3.63, 3.8) is 0 Å². The van der Waals surface area contributed by atoms with Gasteiger partial charge in [-0.2, -0.15) is 0 Å². The van der Waals surface area contributed by atoms with E-state index in [2.05, 4.69) is 20.3 Å². The summed E-state index contributed by atoms with van der Waals surface area (Å²) in [6.45, 7) is 3.22. The van der Waals surface area contributed by atoms with Crippen molar-refractivity contribution in [3.05, 3.63) is 78.8 Å². The molecule has 0 unspecified atom stereocenters. The minimum Gasteiger partial charge on any atom is -0.504 e. The van der Waals surface area contributed by atoms with Crippen LogP contribution in [0.25, 0.3) is 21.8 Å². The molecule has 8 heteroatoms. The number of hydrogen-bond donors (Lipinski definition) is 2. The second-order valence-electron chi connectivity index (χ2n) is 7.69. The number of esters is 1. The third-order valence-electron chi connectivity index (χ3n) is 5.22. The highest BCUT2D eigenvalue weighted by molar-refractivity contribution is 5.93. The van der Waals surface area contributed by atoms with Gasteiger partial charge in [0.25, 0.3) is 0 Å². The number of nitrogens with zero attached hydrogens (tertiary/aromatic N) is 3. The highest BCUT2D eigenvalue weighted by atomic mass is 16.5. The van der Waals surface area contributed by atoms with Gasteiger partial charge < -0.3 is 19.9 Å². The van der Waals surface area contributed by atoms with Crippen LogP contribution in [0, 0.1) is 6.92 Å². The van der Waals surface area contributed by atoms with E-state index >= 15 is 0 Å². The summed E-state index contributed by atoms with van der Waals surface area (Å²) in [6, 6.07) is 18.4. The van der Waals surface area contributed by atoms with E-state index in [4.69, 9.17) is 9.47 Å². The second kappa shape index (κ2) is 8.67. The molecular weight excluding hydrogens is 432 g/mol. The standard InChI is InChI=1S/C26H20N4O4/c1-15-11-18(8-9-22(15)34-23-7-3-5-17-6-4-10-27-25(17)23)30-26-19-12-24(33-16(2)31)21(32)13-20(19)28-14-29-26/h3-14,32H,1-2H3,(H,28,29,30). The zero-order chi connectivity index (χ0) is 23.7. The molecule has 8 nitrogen and oxygen atoms in total. The zero-order valence-corrected chi connectivity index (χ0v) is 18.4. The number of phenols is 1. The number of carbonyl (C=O) groups is 1.